The number of aliphatic imine (C=N–C) groups is 2. The van der Waals surface area contributed by atoms with E-state index in [-0.39, 0.29) is 0 Å². The highest BCUT2D eigenvalue weighted by atomic mass is 16.5. The van der Waals surface area contributed by atoms with E-state index in [1.807, 2.05) is 5.48 Å². The molecule has 6 heteroatoms. The molecule has 0 fully saturated rings. The summed E-state index contributed by atoms with van der Waals surface area (Å²) in [6.45, 7) is 0. The largest absolute Gasteiger partial charge is 0.290 e. The summed E-state index contributed by atoms with van der Waals surface area (Å²) in [5, 5.41) is 8.45. The molecule has 0 atom stereocenters. The Labute approximate surface area is 63.7 Å². The van der Waals surface area contributed by atoms with Crippen molar-refractivity contribution in [1.29, 1.82) is 0 Å². The van der Waals surface area contributed by atoms with Crippen molar-refractivity contribution in [3.05, 3.63) is 11.9 Å². The number of hydrogen-bond donors (Lipinski definition) is 4. The van der Waals surface area contributed by atoms with Crippen molar-refractivity contribution in [3.63, 3.8) is 0 Å². The summed E-state index contributed by atoms with van der Waals surface area (Å²) in [5.41, 5.74) is 7.20. The molecule has 0 aromatic rings. The first kappa shape index (κ1) is 7.55. The summed E-state index contributed by atoms with van der Waals surface area (Å²) >= 11 is 0. The summed E-state index contributed by atoms with van der Waals surface area (Å²) < 4.78 is 0. The fourth-order valence-electron chi connectivity index (χ4n) is 0.558. The zero-order chi connectivity index (χ0) is 8.10. The fraction of sp³-hybridized carbons (Fsp3) is 0.200. The number of rotatable bonds is 1. The van der Waals surface area contributed by atoms with Crippen LogP contribution in [-0.4, -0.2) is 24.4 Å². The van der Waals surface area contributed by atoms with Crippen LogP contribution in [0.15, 0.2) is 21.9 Å². The van der Waals surface area contributed by atoms with Crippen molar-refractivity contribution in [2.24, 2.45) is 9.98 Å². The van der Waals surface area contributed by atoms with Crippen LogP contribution < -0.4 is 16.3 Å². The van der Waals surface area contributed by atoms with Gasteiger partial charge in [0, 0.05) is 19.3 Å². The van der Waals surface area contributed by atoms with Gasteiger partial charge in [0.15, 0.2) is 0 Å². The van der Waals surface area contributed by atoms with Crippen molar-refractivity contribution in [3.8, 4) is 0 Å². The molecule has 0 amide bonds. The molecule has 0 spiro atoms. The summed E-state index contributed by atoms with van der Waals surface area (Å²) in [6.07, 6.45) is 3.07. The van der Waals surface area contributed by atoms with Crippen LogP contribution in [0.25, 0.3) is 0 Å². The molecule has 0 aliphatic carbocycles. The van der Waals surface area contributed by atoms with Gasteiger partial charge in [-0.25, -0.2) is 4.99 Å². The molecular formula is C5H9N5O. The van der Waals surface area contributed by atoms with Crippen LogP contribution in [0.2, 0.25) is 0 Å². The third-order valence-corrected chi connectivity index (χ3v) is 1.08. The van der Waals surface area contributed by atoms with Gasteiger partial charge < -0.3 is 0 Å². The van der Waals surface area contributed by atoms with Gasteiger partial charge >= 0.3 is 0 Å². The summed E-state index contributed by atoms with van der Waals surface area (Å²) in [5.74, 6) is 0.860. The molecule has 6 nitrogen and oxygen atoms in total. The van der Waals surface area contributed by atoms with E-state index in [9.17, 15) is 0 Å². The van der Waals surface area contributed by atoms with Gasteiger partial charge in [-0.05, 0) is 0 Å². The van der Waals surface area contributed by atoms with Gasteiger partial charge in [-0.1, -0.05) is 0 Å². The maximum absolute atomic E-state index is 8.45. The van der Waals surface area contributed by atoms with Crippen LogP contribution in [-0.2, 0) is 0 Å². The molecule has 4 N–H and O–H groups in total. The Morgan fingerprint density at radius 1 is 1.64 bits per heavy atom. The average molecular weight is 155 g/mol. The van der Waals surface area contributed by atoms with Gasteiger partial charge in [-0.2, -0.15) is 0 Å². The third-order valence-electron chi connectivity index (χ3n) is 1.08. The minimum atomic E-state index is 0.410. The molecule has 0 aromatic carbocycles. The highest BCUT2D eigenvalue weighted by Crippen LogP contribution is 1.83. The number of hydrazine groups is 1. The first-order chi connectivity index (χ1) is 5.36. The van der Waals surface area contributed by atoms with Crippen LogP contribution in [0.5, 0.6) is 0 Å². The molecule has 0 saturated carbocycles. The predicted octanol–water partition coefficient (Wildman–Crippen LogP) is -1.03. The number of nitrogens with zero attached hydrogens (tertiary/aromatic N) is 2. The standard InChI is InChI=1S/C5H9N5O/c1-6-5-7-3-2-4(10-11)8-9-5/h2-3,8,10-11H,1H3,(H,6,9). The molecule has 1 rings (SSSR count). The summed E-state index contributed by atoms with van der Waals surface area (Å²) in [4.78, 5) is 7.64. The molecule has 0 bridgehead atoms. The van der Waals surface area contributed by atoms with E-state index in [0.29, 0.717) is 11.8 Å². The van der Waals surface area contributed by atoms with Gasteiger partial charge in [-0.3, -0.25) is 26.5 Å². The van der Waals surface area contributed by atoms with Gasteiger partial charge in [0.25, 0.3) is 0 Å². The molecule has 11 heavy (non-hydrogen) atoms. The molecule has 1 heterocycles. The van der Waals surface area contributed by atoms with Gasteiger partial charge in [0.1, 0.15) is 5.82 Å². The quantitative estimate of drug-likeness (QED) is 0.365. The lowest BCUT2D eigenvalue weighted by Crippen LogP contribution is -2.38. The molecule has 1 aliphatic heterocycles. The maximum atomic E-state index is 8.45. The van der Waals surface area contributed by atoms with Crippen LogP contribution in [0, 0.1) is 0 Å². The Hall–Kier alpha value is -1.56. The molecular weight excluding hydrogens is 146 g/mol. The lowest BCUT2D eigenvalue weighted by molar-refractivity contribution is 0.190. The third kappa shape index (κ3) is 1.94. The summed E-state index contributed by atoms with van der Waals surface area (Å²) in [7, 11) is 1.61. The number of hydroxylamine groups is 1. The predicted molar refractivity (Wildman–Crippen MR) is 41.1 cm³/mol. The number of nitrogens with one attached hydrogen (secondary N) is 3. The van der Waals surface area contributed by atoms with Crippen LogP contribution >= 0.6 is 0 Å². The second kappa shape index (κ2) is 3.57. The second-order valence-corrected chi connectivity index (χ2v) is 1.77. The minimum Gasteiger partial charge on any atom is -0.290 e. The smallest absolute Gasteiger partial charge is 0.236 e. The van der Waals surface area contributed by atoms with Gasteiger partial charge in [0.05, 0.1) is 0 Å². The topological polar surface area (TPSA) is 81.0 Å². The van der Waals surface area contributed by atoms with Crippen LogP contribution in [0.3, 0.4) is 0 Å². The highest BCUT2D eigenvalue weighted by Gasteiger charge is 1.98. The zero-order valence-electron chi connectivity index (χ0n) is 6.00. The molecule has 60 valence electrons. The van der Waals surface area contributed by atoms with Crippen molar-refractivity contribution >= 4 is 12.2 Å². The number of guanidine groups is 1. The first-order valence-electron chi connectivity index (χ1n) is 3.00. The van der Waals surface area contributed by atoms with Crippen molar-refractivity contribution in [2.45, 2.75) is 0 Å². The van der Waals surface area contributed by atoms with Crippen molar-refractivity contribution < 1.29 is 5.21 Å². The first-order valence-corrected chi connectivity index (χ1v) is 3.00. The monoisotopic (exact) mass is 155 g/mol. The number of hydrogen-bond acceptors (Lipinski definition) is 4. The molecule has 0 unspecified atom stereocenters. The van der Waals surface area contributed by atoms with E-state index in [1.54, 1.807) is 13.1 Å². The van der Waals surface area contributed by atoms with Crippen LogP contribution in [0.4, 0.5) is 0 Å². The zero-order valence-corrected chi connectivity index (χ0v) is 6.00. The lowest BCUT2D eigenvalue weighted by Gasteiger charge is -2.07. The highest BCUT2D eigenvalue weighted by molar-refractivity contribution is 5.91. The van der Waals surface area contributed by atoms with Crippen LogP contribution in [0.1, 0.15) is 0 Å². The molecule has 0 radical (unpaired) electrons. The van der Waals surface area contributed by atoms with E-state index in [1.165, 1.54) is 6.21 Å². The molecule has 0 aromatic heterocycles. The Balaban J connectivity index is 2.63. The average Bonchev–Trinajstić information content (AvgIpc) is 2.28. The van der Waals surface area contributed by atoms with E-state index in [0.717, 1.165) is 0 Å². The van der Waals surface area contributed by atoms with E-state index in [2.05, 4.69) is 20.8 Å². The van der Waals surface area contributed by atoms with E-state index in [4.69, 9.17) is 5.21 Å². The van der Waals surface area contributed by atoms with Crippen molar-refractivity contribution in [1.82, 2.24) is 16.3 Å². The second-order valence-electron chi connectivity index (χ2n) is 1.77. The van der Waals surface area contributed by atoms with E-state index >= 15 is 0 Å². The van der Waals surface area contributed by atoms with Gasteiger partial charge in [0.2, 0.25) is 5.96 Å². The Kier molecular flexibility index (Phi) is 2.45. The number of allylic oxidation sites excluding steroid dienone is 1. The van der Waals surface area contributed by atoms with E-state index < -0.39 is 0 Å². The normalized spacial score (nSPS) is 19.8. The molecule has 0 saturated heterocycles. The SMILES string of the molecule is CN=C1N=CC=C(NO)NN1. The Morgan fingerprint density at radius 3 is 3.09 bits per heavy atom. The van der Waals surface area contributed by atoms with Gasteiger partial charge in [-0.15, -0.1) is 0 Å². The molecule has 1 aliphatic rings. The Morgan fingerprint density at radius 2 is 2.45 bits per heavy atom. The lowest BCUT2D eigenvalue weighted by atomic mass is 10.6. The van der Waals surface area contributed by atoms with Crippen molar-refractivity contribution in [2.75, 3.05) is 7.05 Å². The fourth-order valence-corrected chi connectivity index (χ4v) is 0.558. The Bertz CT molecular complexity index is 219. The maximum Gasteiger partial charge on any atom is 0.236 e. The summed E-state index contributed by atoms with van der Waals surface area (Å²) in [6, 6.07) is 0. The minimum absolute atomic E-state index is 0.410.